The SMILES string of the molecule is CC[C@H](CO)NC(=O)c1ccc(CNC(N)=O)cc1. The molecule has 0 aromatic heterocycles. The van der Waals surface area contributed by atoms with E-state index in [1.165, 1.54) is 0 Å². The number of primary amides is 1. The highest BCUT2D eigenvalue weighted by atomic mass is 16.3. The topological polar surface area (TPSA) is 104 Å². The van der Waals surface area contributed by atoms with Crippen molar-refractivity contribution in [1.29, 1.82) is 0 Å². The van der Waals surface area contributed by atoms with Crippen LogP contribution in [0.4, 0.5) is 4.79 Å². The fraction of sp³-hybridized carbons (Fsp3) is 0.385. The molecule has 6 nitrogen and oxygen atoms in total. The first-order chi connectivity index (χ1) is 9.06. The van der Waals surface area contributed by atoms with Gasteiger partial charge in [0, 0.05) is 12.1 Å². The van der Waals surface area contributed by atoms with Crippen LogP contribution >= 0.6 is 0 Å². The summed E-state index contributed by atoms with van der Waals surface area (Å²) in [6.07, 6.45) is 0.669. The molecule has 6 heteroatoms. The first-order valence-electron chi connectivity index (χ1n) is 6.10. The molecule has 1 rings (SSSR count). The molecule has 0 aliphatic carbocycles. The largest absolute Gasteiger partial charge is 0.394 e. The average molecular weight is 265 g/mol. The molecule has 0 aliphatic rings. The summed E-state index contributed by atoms with van der Waals surface area (Å²) in [5.74, 6) is -0.227. The number of rotatable bonds is 6. The van der Waals surface area contributed by atoms with Crippen molar-refractivity contribution in [1.82, 2.24) is 10.6 Å². The van der Waals surface area contributed by atoms with Crippen LogP contribution in [0.15, 0.2) is 24.3 Å². The Labute approximate surface area is 112 Å². The summed E-state index contributed by atoms with van der Waals surface area (Å²) in [4.78, 5) is 22.4. The minimum absolute atomic E-state index is 0.0805. The maximum Gasteiger partial charge on any atom is 0.312 e. The maximum absolute atomic E-state index is 11.8. The number of aliphatic hydroxyl groups excluding tert-OH is 1. The van der Waals surface area contributed by atoms with Crippen LogP contribution in [0.2, 0.25) is 0 Å². The van der Waals surface area contributed by atoms with Crippen molar-refractivity contribution >= 4 is 11.9 Å². The van der Waals surface area contributed by atoms with Crippen molar-refractivity contribution < 1.29 is 14.7 Å². The van der Waals surface area contributed by atoms with Gasteiger partial charge in [-0.25, -0.2) is 4.79 Å². The fourth-order valence-electron chi connectivity index (χ4n) is 1.51. The van der Waals surface area contributed by atoms with E-state index in [0.717, 1.165) is 5.56 Å². The number of nitrogens with one attached hydrogen (secondary N) is 2. The quantitative estimate of drug-likeness (QED) is 0.596. The summed E-state index contributed by atoms with van der Waals surface area (Å²) in [5, 5.41) is 14.2. The van der Waals surface area contributed by atoms with Gasteiger partial charge in [0.1, 0.15) is 0 Å². The zero-order chi connectivity index (χ0) is 14.3. The Morgan fingerprint density at radius 1 is 1.32 bits per heavy atom. The van der Waals surface area contributed by atoms with Gasteiger partial charge in [-0.05, 0) is 24.1 Å². The van der Waals surface area contributed by atoms with Crippen molar-refractivity contribution in [3.05, 3.63) is 35.4 Å². The summed E-state index contributed by atoms with van der Waals surface area (Å²) < 4.78 is 0. The molecule has 5 N–H and O–H groups in total. The molecule has 104 valence electrons. The summed E-state index contributed by atoms with van der Waals surface area (Å²) in [6, 6.07) is 5.99. The Morgan fingerprint density at radius 3 is 2.42 bits per heavy atom. The number of benzene rings is 1. The second kappa shape index (κ2) is 7.38. The first kappa shape index (κ1) is 15.0. The standard InChI is InChI=1S/C13H19N3O3/c1-2-11(8-17)16-12(18)10-5-3-9(4-6-10)7-15-13(14)19/h3-6,11,17H,2,7-8H2,1H3,(H,16,18)(H3,14,15,19)/t11-/m1/s1. The van der Waals surface area contributed by atoms with Gasteiger partial charge in [0.05, 0.1) is 12.6 Å². The summed E-state index contributed by atoms with van der Waals surface area (Å²) in [7, 11) is 0. The van der Waals surface area contributed by atoms with Gasteiger partial charge in [-0.2, -0.15) is 0 Å². The van der Waals surface area contributed by atoms with E-state index in [9.17, 15) is 9.59 Å². The second-order valence-electron chi connectivity index (χ2n) is 4.18. The number of urea groups is 1. The lowest BCUT2D eigenvalue weighted by Gasteiger charge is -2.14. The van der Waals surface area contributed by atoms with E-state index in [4.69, 9.17) is 10.8 Å². The predicted octanol–water partition coefficient (Wildman–Crippen LogP) is 0.356. The number of aliphatic hydroxyl groups is 1. The molecule has 0 aliphatic heterocycles. The van der Waals surface area contributed by atoms with Crippen molar-refractivity contribution in [3.63, 3.8) is 0 Å². The molecule has 19 heavy (non-hydrogen) atoms. The highest BCUT2D eigenvalue weighted by Crippen LogP contribution is 2.05. The van der Waals surface area contributed by atoms with Crippen molar-refractivity contribution in [2.45, 2.75) is 25.9 Å². The molecule has 1 aromatic carbocycles. The molecular formula is C13H19N3O3. The third kappa shape index (κ3) is 4.97. The molecule has 0 fully saturated rings. The van der Waals surface area contributed by atoms with Crippen LogP contribution in [-0.4, -0.2) is 29.7 Å². The molecule has 0 spiro atoms. The van der Waals surface area contributed by atoms with Gasteiger partial charge in [-0.3, -0.25) is 4.79 Å². The van der Waals surface area contributed by atoms with E-state index in [1.54, 1.807) is 24.3 Å². The summed E-state index contributed by atoms with van der Waals surface area (Å²) in [6.45, 7) is 2.13. The van der Waals surface area contributed by atoms with Gasteiger partial charge in [0.15, 0.2) is 0 Å². The maximum atomic E-state index is 11.8. The van der Waals surface area contributed by atoms with Crippen molar-refractivity contribution in [2.75, 3.05) is 6.61 Å². The van der Waals surface area contributed by atoms with Crippen LogP contribution in [0.5, 0.6) is 0 Å². The molecule has 0 unspecified atom stereocenters. The highest BCUT2D eigenvalue weighted by molar-refractivity contribution is 5.94. The number of carbonyl (C=O) groups excluding carboxylic acids is 2. The lowest BCUT2D eigenvalue weighted by molar-refractivity contribution is 0.0915. The van der Waals surface area contributed by atoms with Gasteiger partial charge >= 0.3 is 6.03 Å². The van der Waals surface area contributed by atoms with Crippen molar-refractivity contribution in [3.8, 4) is 0 Å². The molecule has 0 saturated heterocycles. The number of carbonyl (C=O) groups is 2. The molecule has 0 heterocycles. The van der Waals surface area contributed by atoms with Crippen LogP contribution < -0.4 is 16.4 Å². The van der Waals surface area contributed by atoms with E-state index in [0.29, 0.717) is 18.5 Å². The molecule has 1 aromatic rings. The Bertz CT molecular complexity index is 427. The van der Waals surface area contributed by atoms with Gasteiger partial charge in [0.25, 0.3) is 5.91 Å². The van der Waals surface area contributed by atoms with E-state index in [-0.39, 0.29) is 18.6 Å². The van der Waals surface area contributed by atoms with E-state index < -0.39 is 6.03 Å². The monoisotopic (exact) mass is 265 g/mol. The lowest BCUT2D eigenvalue weighted by atomic mass is 10.1. The molecular weight excluding hydrogens is 246 g/mol. The van der Waals surface area contributed by atoms with Gasteiger partial charge in [0.2, 0.25) is 0 Å². The Morgan fingerprint density at radius 2 is 1.95 bits per heavy atom. The Kier molecular flexibility index (Phi) is 5.81. The number of hydrogen-bond donors (Lipinski definition) is 4. The van der Waals surface area contributed by atoms with E-state index in [2.05, 4.69) is 10.6 Å². The number of nitrogens with two attached hydrogens (primary N) is 1. The van der Waals surface area contributed by atoms with Crippen molar-refractivity contribution in [2.24, 2.45) is 5.73 Å². The smallest absolute Gasteiger partial charge is 0.312 e. The van der Waals surface area contributed by atoms with E-state index >= 15 is 0 Å². The Balaban J connectivity index is 2.60. The third-order valence-electron chi connectivity index (χ3n) is 2.73. The lowest BCUT2D eigenvalue weighted by Crippen LogP contribution is -2.36. The van der Waals surface area contributed by atoms with Crippen LogP contribution in [0.1, 0.15) is 29.3 Å². The van der Waals surface area contributed by atoms with Gasteiger partial charge < -0.3 is 21.5 Å². The van der Waals surface area contributed by atoms with Crippen LogP contribution in [0, 0.1) is 0 Å². The molecule has 0 radical (unpaired) electrons. The minimum Gasteiger partial charge on any atom is -0.394 e. The number of hydrogen-bond acceptors (Lipinski definition) is 3. The molecule has 0 bridgehead atoms. The summed E-state index contributed by atoms with van der Waals surface area (Å²) >= 11 is 0. The van der Waals surface area contributed by atoms with Crippen LogP contribution in [-0.2, 0) is 6.54 Å². The van der Waals surface area contributed by atoms with Crippen LogP contribution in [0.3, 0.4) is 0 Å². The number of amides is 3. The van der Waals surface area contributed by atoms with Crippen LogP contribution in [0.25, 0.3) is 0 Å². The zero-order valence-electron chi connectivity index (χ0n) is 10.8. The minimum atomic E-state index is -0.587. The van der Waals surface area contributed by atoms with E-state index in [1.807, 2.05) is 6.92 Å². The molecule has 1 atom stereocenters. The second-order valence-corrected chi connectivity index (χ2v) is 4.18. The molecule has 3 amide bonds. The predicted molar refractivity (Wildman–Crippen MR) is 71.5 cm³/mol. The van der Waals surface area contributed by atoms with Gasteiger partial charge in [-0.15, -0.1) is 0 Å². The highest BCUT2D eigenvalue weighted by Gasteiger charge is 2.10. The summed E-state index contributed by atoms with van der Waals surface area (Å²) in [5.41, 5.74) is 6.33. The third-order valence-corrected chi connectivity index (χ3v) is 2.73. The average Bonchev–Trinajstić information content (AvgIpc) is 2.42. The first-order valence-corrected chi connectivity index (χ1v) is 6.10. The Hall–Kier alpha value is -2.08. The zero-order valence-corrected chi connectivity index (χ0v) is 10.8. The normalized spacial score (nSPS) is 11.7. The molecule has 0 saturated carbocycles. The van der Waals surface area contributed by atoms with Gasteiger partial charge in [-0.1, -0.05) is 19.1 Å². The fourth-order valence-corrected chi connectivity index (χ4v) is 1.51.